The van der Waals surface area contributed by atoms with Crippen molar-refractivity contribution in [1.82, 2.24) is 0 Å². The van der Waals surface area contributed by atoms with Gasteiger partial charge in [-0.05, 0) is 26.5 Å². The van der Waals surface area contributed by atoms with Crippen LogP contribution < -0.4 is 0 Å². The highest BCUT2D eigenvalue weighted by Gasteiger charge is 2.55. The first-order valence-corrected chi connectivity index (χ1v) is 7.69. The fourth-order valence-electron chi connectivity index (χ4n) is 2.57. The predicted molar refractivity (Wildman–Crippen MR) is 71.8 cm³/mol. The summed E-state index contributed by atoms with van der Waals surface area (Å²) in [4.78, 5) is 11.2. The highest BCUT2D eigenvalue weighted by atomic mass is 32.2. The van der Waals surface area contributed by atoms with Crippen molar-refractivity contribution in [2.75, 3.05) is 5.75 Å². The van der Waals surface area contributed by atoms with Gasteiger partial charge in [0.25, 0.3) is 0 Å². The first-order valence-electron chi connectivity index (χ1n) is 6.64. The quantitative estimate of drug-likeness (QED) is 0.740. The third-order valence-electron chi connectivity index (χ3n) is 3.20. The van der Waals surface area contributed by atoms with Crippen LogP contribution in [0.15, 0.2) is 0 Å². The van der Waals surface area contributed by atoms with Crippen molar-refractivity contribution in [2.24, 2.45) is 0 Å². The van der Waals surface area contributed by atoms with E-state index in [0.717, 1.165) is 5.75 Å². The summed E-state index contributed by atoms with van der Waals surface area (Å²) in [6.45, 7) is 9.12. The van der Waals surface area contributed by atoms with E-state index in [4.69, 9.17) is 18.9 Å². The molecule has 2 fully saturated rings. The highest BCUT2D eigenvalue weighted by molar-refractivity contribution is 7.99. The summed E-state index contributed by atoms with van der Waals surface area (Å²) in [5, 5.41) is 0. The van der Waals surface area contributed by atoms with Crippen LogP contribution >= 0.6 is 11.8 Å². The number of hydrogen-bond acceptors (Lipinski definition) is 6. The Hall–Kier alpha value is -0.300. The van der Waals surface area contributed by atoms with Crippen LogP contribution in [0.4, 0.5) is 0 Å². The fourth-order valence-corrected chi connectivity index (χ4v) is 3.55. The Morgan fingerprint density at radius 3 is 2.53 bits per heavy atom. The molecule has 0 aromatic carbocycles. The molecule has 2 rings (SSSR count). The number of carbonyl (C=O) groups excluding carboxylic acids is 1. The van der Waals surface area contributed by atoms with Crippen molar-refractivity contribution in [2.45, 2.75) is 70.3 Å². The van der Waals surface area contributed by atoms with Crippen LogP contribution in [0.1, 0.15) is 34.6 Å². The molecule has 0 spiro atoms. The fraction of sp³-hybridized carbons (Fsp3) is 0.923. The molecular formula is C13H22O5S. The molecule has 0 radical (unpaired) electrons. The summed E-state index contributed by atoms with van der Waals surface area (Å²) in [6.07, 6.45) is -1.10. The van der Waals surface area contributed by atoms with Crippen molar-refractivity contribution < 1.29 is 23.7 Å². The van der Waals surface area contributed by atoms with E-state index in [9.17, 15) is 4.79 Å². The second kappa shape index (κ2) is 5.60. The molecule has 0 N–H and O–H groups in total. The normalized spacial score (nSPS) is 40.8. The monoisotopic (exact) mass is 290 g/mol. The Morgan fingerprint density at radius 1 is 1.32 bits per heavy atom. The predicted octanol–water partition coefficient (Wildman–Crippen LogP) is 1.94. The van der Waals surface area contributed by atoms with Gasteiger partial charge in [-0.15, -0.1) is 11.8 Å². The molecule has 0 unspecified atom stereocenters. The lowest BCUT2D eigenvalue weighted by molar-refractivity contribution is -0.190. The number of thioether (sulfide) groups is 1. The Bertz CT molecular complexity index is 346. The van der Waals surface area contributed by atoms with Crippen LogP contribution in [0, 0.1) is 0 Å². The smallest absolute Gasteiger partial charge is 0.303 e. The van der Waals surface area contributed by atoms with Gasteiger partial charge in [0, 0.05) is 6.92 Å². The maximum absolute atomic E-state index is 11.2. The number of rotatable bonds is 3. The van der Waals surface area contributed by atoms with Gasteiger partial charge in [0.1, 0.15) is 17.6 Å². The van der Waals surface area contributed by atoms with Gasteiger partial charge in [-0.25, -0.2) is 0 Å². The maximum atomic E-state index is 11.2. The first-order chi connectivity index (χ1) is 8.84. The van der Waals surface area contributed by atoms with Crippen LogP contribution in [0.3, 0.4) is 0 Å². The van der Waals surface area contributed by atoms with E-state index in [1.165, 1.54) is 6.92 Å². The molecule has 2 aliphatic rings. The molecular weight excluding hydrogens is 268 g/mol. The van der Waals surface area contributed by atoms with Crippen molar-refractivity contribution in [3.63, 3.8) is 0 Å². The minimum absolute atomic E-state index is 0.0846. The number of esters is 1. The zero-order chi connectivity index (χ0) is 14.2. The van der Waals surface area contributed by atoms with Crippen molar-refractivity contribution in [1.29, 1.82) is 0 Å². The molecule has 0 aromatic heterocycles. The molecule has 0 aliphatic carbocycles. The summed E-state index contributed by atoms with van der Waals surface area (Å²) in [7, 11) is 0. The van der Waals surface area contributed by atoms with Gasteiger partial charge in [-0.1, -0.05) is 6.92 Å². The Labute approximate surface area is 118 Å². The van der Waals surface area contributed by atoms with Crippen LogP contribution in [-0.2, 0) is 23.7 Å². The number of carbonyl (C=O) groups is 1. The zero-order valence-corrected chi connectivity index (χ0v) is 12.9. The maximum Gasteiger partial charge on any atom is 0.303 e. The summed E-state index contributed by atoms with van der Waals surface area (Å²) < 4.78 is 23.1. The highest BCUT2D eigenvalue weighted by Crippen LogP contribution is 2.41. The molecule has 0 aromatic rings. The van der Waals surface area contributed by atoms with Crippen molar-refractivity contribution in [3.05, 3.63) is 0 Å². The Morgan fingerprint density at radius 2 is 1.95 bits per heavy atom. The molecule has 6 heteroatoms. The van der Waals surface area contributed by atoms with Crippen LogP contribution in [-0.4, -0.2) is 47.4 Å². The van der Waals surface area contributed by atoms with E-state index in [-0.39, 0.29) is 29.7 Å². The lowest BCUT2D eigenvalue weighted by Crippen LogP contribution is -2.55. The topological polar surface area (TPSA) is 54.0 Å². The minimum Gasteiger partial charge on any atom is -0.457 e. The average molecular weight is 290 g/mol. The van der Waals surface area contributed by atoms with Gasteiger partial charge in [0.05, 0.1) is 6.10 Å². The number of fused-ring (bicyclic) bond motifs is 1. The molecule has 5 atom stereocenters. The Balaban J connectivity index is 2.19. The van der Waals surface area contributed by atoms with E-state index in [0.29, 0.717) is 0 Å². The average Bonchev–Trinajstić information content (AvgIpc) is 2.60. The van der Waals surface area contributed by atoms with Crippen LogP contribution in [0.2, 0.25) is 0 Å². The second-order valence-corrected chi connectivity index (χ2v) is 6.68. The first kappa shape index (κ1) is 15.1. The molecule has 110 valence electrons. The van der Waals surface area contributed by atoms with Gasteiger partial charge in [0.2, 0.25) is 0 Å². The van der Waals surface area contributed by atoms with Gasteiger partial charge in [-0.3, -0.25) is 4.79 Å². The molecule has 2 heterocycles. The van der Waals surface area contributed by atoms with Crippen molar-refractivity contribution >= 4 is 17.7 Å². The molecule has 0 bridgehead atoms. The van der Waals surface area contributed by atoms with Crippen LogP contribution in [0.5, 0.6) is 0 Å². The molecule has 2 aliphatic heterocycles. The van der Waals surface area contributed by atoms with E-state index in [1.807, 2.05) is 20.8 Å². The molecule has 19 heavy (non-hydrogen) atoms. The van der Waals surface area contributed by atoms with E-state index >= 15 is 0 Å². The van der Waals surface area contributed by atoms with Crippen molar-refractivity contribution in [3.8, 4) is 0 Å². The van der Waals surface area contributed by atoms with E-state index in [1.54, 1.807) is 11.8 Å². The van der Waals surface area contributed by atoms with Gasteiger partial charge < -0.3 is 18.9 Å². The molecule has 5 nitrogen and oxygen atoms in total. The van der Waals surface area contributed by atoms with Crippen LogP contribution in [0.25, 0.3) is 0 Å². The van der Waals surface area contributed by atoms with Gasteiger partial charge >= 0.3 is 5.97 Å². The molecule has 0 saturated carbocycles. The van der Waals surface area contributed by atoms with E-state index < -0.39 is 11.9 Å². The minimum atomic E-state index is -0.673. The third-order valence-corrected chi connectivity index (χ3v) is 4.24. The summed E-state index contributed by atoms with van der Waals surface area (Å²) >= 11 is 1.69. The zero-order valence-electron chi connectivity index (χ0n) is 12.0. The summed E-state index contributed by atoms with van der Waals surface area (Å²) in [6, 6.07) is 0. The molecule has 2 saturated heterocycles. The molecule has 0 amide bonds. The summed E-state index contributed by atoms with van der Waals surface area (Å²) in [5.41, 5.74) is -0.0846. The number of hydrogen-bond donors (Lipinski definition) is 0. The lowest BCUT2D eigenvalue weighted by atomic mass is 10.0. The summed E-state index contributed by atoms with van der Waals surface area (Å²) in [5.74, 6) is -0.0647. The number of ether oxygens (including phenoxy) is 4. The lowest BCUT2D eigenvalue weighted by Gasteiger charge is -2.40. The Kier molecular flexibility index (Phi) is 4.45. The SMILES string of the molecule is CCS[C@@H]1O[C@@H](C)[C@H](OC(C)=O)[C@H]2OC(C)(C)O[C@H]21. The van der Waals surface area contributed by atoms with E-state index in [2.05, 4.69) is 6.92 Å². The standard InChI is InChI=1S/C13H22O5S/c1-6-19-12-11-10(17-13(4,5)18-11)9(7(2)15-12)16-8(3)14/h7,9-12H,6H2,1-5H3/t7-,9-,10+,11+,12-/m0/s1. The third kappa shape index (κ3) is 3.24. The van der Waals surface area contributed by atoms with Gasteiger partial charge in [0.15, 0.2) is 11.9 Å². The van der Waals surface area contributed by atoms with Gasteiger partial charge in [-0.2, -0.15) is 0 Å². The largest absolute Gasteiger partial charge is 0.457 e. The second-order valence-electron chi connectivity index (χ2n) is 5.30.